The SMILES string of the molecule is CC(CBr)OC(=O)c1ccc(Cl)cc1. The van der Waals surface area contributed by atoms with Crippen molar-refractivity contribution in [1.29, 1.82) is 0 Å². The monoisotopic (exact) mass is 276 g/mol. The molecule has 0 aromatic heterocycles. The van der Waals surface area contributed by atoms with Gasteiger partial charge in [-0.3, -0.25) is 0 Å². The Balaban J connectivity index is 2.65. The molecule has 14 heavy (non-hydrogen) atoms. The summed E-state index contributed by atoms with van der Waals surface area (Å²) in [4.78, 5) is 11.4. The molecule has 4 heteroatoms. The average Bonchev–Trinajstić information content (AvgIpc) is 2.18. The van der Waals surface area contributed by atoms with Crippen molar-refractivity contribution in [2.24, 2.45) is 0 Å². The van der Waals surface area contributed by atoms with Crippen molar-refractivity contribution in [2.75, 3.05) is 5.33 Å². The van der Waals surface area contributed by atoms with Crippen molar-refractivity contribution < 1.29 is 9.53 Å². The van der Waals surface area contributed by atoms with Gasteiger partial charge in [-0.25, -0.2) is 4.79 Å². The highest BCUT2D eigenvalue weighted by atomic mass is 79.9. The third-order valence-corrected chi connectivity index (χ3v) is 2.77. The van der Waals surface area contributed by atoms with Gasteiger partial charge in [0.1, 0.15) is 6.10 Å². The molecular formula is C10H10BrClO2. The Bertz CT molecular complexity index is 310. The third kappa shape index (κ3) is 3.31. The zero-order valence-corrected chi connectivity index (χ0v) is 10.0. The summed E-state index contributed by atoms with van der Waals surface area (Å²) in [6.07, 6.45) is -0.127. The molecule has 0 N–H and O–H groups in total. The number of benzene rings is 1. The molecule has 0 aliphatic heterocycles. The van der Waals surface area contributed by atoms with Crippen LogP contribution in [0.15, 0.2) is 24.3 Å². The molecule has 0 saturated heterocycles. The van der Waals surface area contributed by atoms with Gasteiger partial charge in [0.25, 0.3) is 0 Å². The lowest BCUT2D eigenvalue weighted by Crippen LogP contribution is -2.15. The molecule has 1 atom stereocenters. The van der Waals surface area contributed by atoms with E-state index >= 15 is 0 Å². The number of ether oxygens (including phenoxy) is 1. The summed E-state index contributed by atoms with van der Waals surface area (Å²) in [6, 6.07) is 6.62. The van der Waals surface area contributed by atoms with E-state index in [9.17, 15) is 4.79 Å². The molecule has 2 nitrogen and oxygen atoms in total. The topological polar surface area (TPSA) is 26.3 Å². The van der Waals surface area contributed by atoms with Gasteiger partial charge in [0.2, 0.25) is 0 Å². The van der Waals surface area contributed by atoms with Crippen LogP contribution in [0.25, 0.3) is 0 Å². The maximum absolute atomic E-state index is 11.4. The molecular weight excluding hydrogens is 267 g/mol. The second-order valence-electron chi connectivity index (χ2n) is 2.88. The van der Waals surface area contributed by atoms with Crippen LogP contribution < -0.4 is 0 Å². The lowest BCUT2D eigenvalue weighted by atomic mass is 10.2. The minimum Gasteiger partial charge on any atom is -0.458 e. The van der Waals surface area contributed by atoms with E-state index in [2.05, 4.69) is 15.9 Å². The molecule has 0 amide bonds. The van der Waals surface area contributed by atoms with Crippen LogP contribution in [0.3, 0.4) is 0 Å². The zero-order valence-electron chi connectivity index (χ0n) is 7.67. The van der Waals surface area contributed by atoms with Crippen LogP contribution in [0.4, 0.5) is 0 Å². The number of rotatable bonds is 3. The fraction of sp³-hybridized carbons (Fsp3) is 0.300. The summed E-state index contributed by atoms with van der Waals surface area (Å²) in [6.45, 7) is 1.82. The number of esters is 1. The van der Waals surface area contributed by atoms with E-state index < -0.39 is 0 Å². The van der Waals surface area contributed by atoms with E-state index in [0.29, 0.717) is 15.9 Å². The Morgan fingerprint density at radius 1 is 1.50 bits per heavy atom. The molecule has 1 aromatic rings. The van der Waals surface area contributed by atoms with E-state index in [1.165, 1.54) is 0 Å². The number of halogens is 2. The van der Waals surface area contributed by atoms with Crippen LogP contribution >= 0.6 is 27.5 Å². The number of alkyl halides is 1. The van der Waals surface area contributed by atoms with Crippen molar-refractivity contribution in [3.05, 3.63) is 34.9 Å². The van der Waals surface area contributed by atoms with Gasteiger partial charge in [-0.15, -0.1) is 0 Å². The summed E-state index contributed by atoms with van der Waals surface area (Å²) in [5.74, 6) is -0.325. The van der Waals surface area contributed by atoms with Gasteiger partial charge in [0.05, 0.1) is 5.56 Å². The number of carbonyl (C=O) groups is 1. The number of carbonyl (C=O) groups excluding carboxylic acids is 1. The van der Waals surface area contributed by atoms with Gasteiger partial charge in [-0.05, 0) is 31.2 Å². The Labute approximate surface area is 96.3 Å². The fourth-order valence-electron chi connectivity index (χ4n) is 0.868. The molecule has 0 spiro atoms. The van der Waals surface area contributed by atoms with Crippen LogP contribution in [-0.4, -0.2) is 17.4 Å². The van der Waals surface area contributed by atoms with Gasteiger partial charge in [-0.1, -0.05) is 27.5 Å². The molecule has 0 heterocycles. The van der Waals surface area contributed by atoms with Crippen molar-refractivity contribution in [2.45, 2.75) is 13.0 Å². The quantitative estimate of drug-likeness (QED) is 0.626. The van der Waals surface area contributed by atoms with E-state index in [4.69, 9.17) is 16.3 Å². The molecule has 0 aliphatic carbocycles. The van der Waals surface area contributed by atoms with Crippen LogP contribution in [0.5, 0.6) is 0 Å². The smallest absolute Gasteiger partial charge is 0.338 e. The van der Waals surface area contributed by atoms with Gasteiger partial charge in [0.15, 0.2) is 0 Å². The first kappa shape index (κ1) is 11.5. The van der Waals surface area contributed by atoms with E-state index in [-0.39, 0.29) is 12.1 Å². The molecule has 0 radical (unpaired) electrons. The average molecular weight is 278 g/mol. The number of hydrogen-bond acceptors (Lipinski definition) is 2. The molecule has 0 bridgehead atoms. The van der Waals surface area contributed by atoms with Gasteiger partial charge in [-0.2, -0.15) is 0 Å². The summed E-state index contributed by atoms with van der Waals surface area (Å²) in [7, 11) is 0. The fourth-order valence-corrected chi connectivity index (χ4v) is 1.13. The Morgan fingerprint density at radius 2 is 2.07 bits per heavy atom. The Kier molecular flexibility index (Phi) is 4.42. The summed E-state index contributed by atoms with van der Waals surface area (Å²) >= 11 is 8.92. The second kappa shape index (κ2) is 5.37. The van der Waals surface area contributed by atoms with Gasteiger partial charge >= 0.3 is 5.97 Å². The highest BCUT2D eigenvalue weighted by Crippen LogP contribution is 2.11. The molecule has 1 aromatic carbocycles. The van der Waals surface area contributed by atoms with E-state index in [0.717, 1.165) is 0 Å². The zero-order chi connectivity index (χ0) is 10.6. The molecule has 76 valence electrons. The van der Waals surface area contributed by atoms with Gasteiger partial charge < -0.3 is 4.74 Å². The second-order valence-corrected chi connectivity index (χ2v) is 3.96. The summed E-state index contributed by atoms with van der Waals surface area (Å²) in [5.41, 5.74) is 0.516. The van der Waals surface area contributed by atoms with Crippen molar-refractivity contribution >= 4 is 33.5 Å². The van der Waals surface area contributed by atoms with E-state index in [1.807, 2.05) is 6.92 Å². The van der Waals surface area contributed by atoms with Crippen LogP contribution in [0.2, 0.25) is 5.02 Å². The standard InChI is InChI=1S/C10H10BrClO2/c1-7(6-11)14-10(13)8-2-4-9(12)5-3-8/h2-5,7H,6H2,1H3. The maximum atomic E-state index is 11.4. The maximum Gasteiger partial charge on any atom is 0.338 e. The summed E-state index contributed by atoms with van der Waals surface area (Å²) < 4.78 is 5.10. The van der Waals surface area contributed by atoms with Crippen molar-refractivity contribution in [1.82, 2.24) is 0 Å². The van der Waals surface area contributed by atoms with Crippen LogP contribution in [0.1, 0.15) is 17.3 Å². The van der Waals surface area contributed by atoms with Crippen molar-refractivity contribution in [3.63, 3.8) is 0 Å². The van der Waals surface area contributed by atoms with Crippen LogP contribution in [0, 0.1) is 0 Å². The molecule has 0 aliphatic rings. The molecule has 0 saturated carbocycles. The largest absolute Gasteiger partial charge is 0.458 e. The first-order valence-electron chi connectivity index (χ1n) is 4.16. The minimum absolute atomic E-state index is 0.127. The lowest BCUT2D eigenvalue weighted by molar-refractivity contribution is 0.0388. The minimum atomic E-state index is -0.325. The van der Waals surface area contributed by atoms with Gasteiger partial charge in [0, 0.05) is 10.4 Å². The number of hydrogen-bond donors (Lipinski definition) is 0. The normalized spacial score (nSPS) is 12.2. The van der Waals surface area contributed by atoms with Crippen molar-refractivity contribution in [3.8, 4) is 0 Å². The predicted molar refractivity (Wildman–Crippen MR) is 60.1 cm³/mol. The van der Waals surface area contributed by atoms with Crippen LogP contribution in [-0.2, 0) is 4.74 Å². The molecule has 1 rings (SSSR count). The Morgan fingerprint density at radius 3 is 2.57 bits per heavy atom. The summed E-state index contributed by atoms with van der Waals surface area (Å²) in [5, 5.41) is 1.24. The molecule has 0 fully saturated rings. The lowest BCUT2D eigenvalue weighted by Gasteiger charge is -2.09. The predicted octanol–water partition coefficient (Wildman–Crippen LogP) is 3.28. The molecule has 1 unspecified atom stereocenters. The highest BCUT2D eigenvalue weighted by Gasteiger charge is 2.10. The third-order valence-electron chi connectivity index (χ3n) is 1.61. The first-order chi connectivity index (χ1) is 6.63. The first-order valence-corrected chi connectivity index (χ1v) is 5.66. The Hall–Kier alpha value is -0.540. The van der Waals surface area contributed by atoms with E-state index in [1.54, 1.807) is 24.3 Å². The highest BCUT2D eigenvalue weighted by molar-refractivity contribution is 9.09.